The predicted octanol–water partition coefficient (Wildman–Crippen LogP) is 7.21. The number of carbonyl (C=O) groups is 1. The van der Waals surface area contributed by atoms with Gasteiger partial charge >= 0.3 is 0 Å². The molecule has 2 fully saturated rings. The molecule has 1 N–H and O–H groups in total. The molecule has 0 bridgehead atoms. The van der Waals surface area contributed by atoms with Crippen molar-refractivity contribution in [2.24, 2.45) is 5.92 Å². The van der Waals surface area contributed by atoms with E-state index in [0.717, 1.165) is 23.1 Å². The zero-order valence-electron chi connectivity index (χ0n) is 21.9. The van der Waals surface area contributed by atoms with Gasteiger partial charge in [0.2, 0.25) is 5.91 Å². The number of benzene rings is 3. The molecule has 1 saturated heterocycles. The molecule has 3 aromatic carbocycles. The largest absolute Gasteiger partial charge is 0.358 e. The summed E-state index contributed by atoms with van der Waals surface area (Å²) in [4.78, 5) is 14.7. The topological polar surface area (TPSA) is 32.3 Å². The van der Waals surface area contributed by atoms with Crippen LogP contribution in [-0.2, 0) is 4.79 Å². The lowest BCUT2D eigenvalue weighted by Gasteiger charge is -2.30. The van der Waals surface area contributed by atoms with Gasteiger partial charge in [-0.25, -0.2) is 0 Å². The average Bonchev–Trinajstić information content (AvgIpc) is 3.56. The molecule has 2 aliphatic rings. The number of nitrogens with one attached hydrogen (secondary N) is 1. The first-order valence-corrected chi connectivity index (χ1v) is 13.3. The SMILES string of the molecule is CC.CC(c1ccccc1)N1CCC2CCCC21.CNC(=O)C(c1ccccc1)c1ccccc1. The summed E-state index contributed by atoms with van der Waals surface area (Å²) >= 11 is 0. The molecule has 0 spiro atoms. The molecule has 0 radical (unpaired) electrons. The molecule has 1 aliphatic heterocycles. The molecule has 3 aromatic rings. The molecule has 3 nitrogen and oxygen atoms in total. The monoisotopic (exact) mass is 470 g/mol. The van der Waals surface area contributed by atoms with Crippen LogP contribution >= 0.6 is 0 Å². The highest BCUT2D eigenvalue weighted by Crippen LogP contribution is 2.41. The van der Waals surface area contributed by atoms with Crippen LogP contribution in [0.25, 0.3) is 0 Å². The first-order chi connectivity index (χ1) is 17.2. The predicted molar refractivity (Wildman–Crippen MR) is 147 cm³/mol. The van der Waals surface area contributed by atoms with Crippen LogP contribution in [0.4, 0.5) is 0 Å². The van der Waals surface area contributed by atoms with Crippen LogP contribution < -0.4 is 5.32 Å². The van der Waals surface area contributed by atoms with Gasteiger partial charge < -0.3 is 5.32 Å². The summed E-state index contributed by atoms with van der Waals surface area (Å²) in [5.74, 6) is 0.788. The van der Waals surface area contributed by atoms with E-state index >= 15 is 0 Å². The summed E-state index contributed by atoms with van der Waals surface area (Å²) in [6, 6.07) is 32.1. The number of hydrogen-bond acceptors (Lipinski definition) is 2. The van der Waals surface area contributed by atoms with E-state index in [2.05, 4.69) is 47.5 Å². The lowest BCUT2D eigenvalue weighted by atomic mass is 9.90. The third kappa shape index (κ3) is 6.82. The highest BCUT2D eigenvalue weighted by molar-refractivity contribution is 5.86. The van der Waals surface area contributed by atoms with Gasteiger partial charge in [-0.05, 0) is 55.3 Å². The molecular formula is C32H42N2O. The first kappa shape index (κ1) is 26.7. The van der Waals surface area contributed by atoms with Crippen LogP contribution in [-0.4, -0.2) is 30.4 Å². The maximum absolute atomic E-state index is 12.0. The fourth-order valence-corrected chi connectivity index (χ4v) is 5.61. The molecule has 1 amide bonds. The van der Waals surface area contributed by atoms with E-state index in [1.165, 1.54) is 37.8 Å². The van der Waals surface area contributed by atoms with Crippen molar-refractivity contribution in [3.63, 3.8) is 0 Å². The van der Waals surface area contributed by atoms with Gasteiger partial charge in [-0.3, -0.25) is 9.69 Å². The van der Waals surface area contributed by atoms with Crippen LogP contribution in [0, 0.1) is 5.92 Å². The lowest BCUT2D eigenvalue weighted by molar-refractivity contribution is -0.121. The second kappa shape index (κ2) is 13.8. The molecule has 186 valence electrons. The smallest absolute Gasteiger partial charge is 0.231 e. The molecule has 3 unspecified atom stereocenters. The standard InChI is InChI=1S/C15H15NO.C15H21N.C2H6/c1-16-15(17)14(12-8-4-2-5-9-12)13-10-6-3-7-11-13;1-12(13-6-3-2-4-7-13)16-11-10-14-8-5-9-15(14)16;1-2/h2-11,14H,1H3,(H,16,17);2-4,6-7,12,14-15H,5,8-11H2,1H3;1-2H3. The van der Waals surface area contributed by atoms with Crippen molar-refractivity contribution in [2.75, 3.05) is 13.6 Å². The number of nitrogens with zero attached hydrogens (tertiary/aromatic N) is 1. The van der Waals surface area contributed by atoms with Gasteiger partial charge in [0, 0.05) is 19.1 Å². The average molecular weight is 471 g/mol. The number of rotatable bonds is 5. The number of likely N-dealkylation sites (tertiary alicyclic amines) is 1. The van der Waals surface area contributed by atoms with E-state index in [1.807, 2.05) is 74.5 Å². The quantitative estimate of drug-likeness (QED) is 0.427. The van der Waals surface area contributed by atoms with E-state index in [1.54, 1.807) is 7.05 Å². The van der Waals surface area contributed by atoms with Crippen molar-refractivity contribution in [2.45, 2.75) is 64.5 Å². The number of likely N-dealkylation sites (N-methyl/N-ethyl adjacent to an activating group) is 1. The van der Waals surface area contributed by atoms with Crippen molar-refractivity contribution < 1.29 is 4.79 Å². The van der Waals surface area contributed by atoms with Crippen LogP contribution in [0.1, 0.15) is 75.1 Å². The molecule has 3 heteroatoms. The Morgan fingerprint density at radius 3 is 1.74 bits per heavy atom. The van der Waals surface area contributed by atoms with Crippen molar-refractivity contribution in [1.29, 1.82) is 0 Å². The Kier molecular flexibility index (Phi) is 10.6. The molecule has 5 rings (SSSR count). The molecule has 3 atom stereocenters. The highest BCUT2D eigenvalue weighted by atomic mass is 16.1. The summed E-state index contributed by atoms with van der Waals surface area (Å²) in [5, 5.41) is 2.72. The first-order valence-electron chi connectivity index (χ1n) is 13.3. The van der Waals surface area contributed by atoms with Gasteiger partial charge in [0.1, 0.15) is 0 Å². The van der Waals surface area contributed by atoms with Gasteiger partial charge in [0.25, 0.3) is 0 Å². The summed E-state index contributed by atoms with van der Waals surface area (Å²) in [6.07, 6.45) is 5.79. The fourth-order valence-electron chi connectivity index (χ4n) is 5.61. The number of fused-ring (bicyclic) bond motifs is 1. The highest BCUT2D eigenvalue weighted by Gasteiger charge is 2.39. The van der Waals surface area contributed by atoms with Crippen molar-refractivity contribution in [3.8, 4) is 0 Å². The molecule has 1 aliphatic carbocycles. The lowest BCUT2D eigenvalue weighted by Crippen LogP contribution is -2.32. The zero-order chi connectivity index (χ0) is 25.0. The van der Waals surface area contributed by atoms with Gasteiger partial charge in [0.05, 0.1) is 5.92 Å². The zero-order valence-corrected chi connectivity index (χ0v) is 21.9. The van der Waals surface area contributed by atoms with Crippen molar-refractivity contribution in [3.05, 3.63) is 108 Å². The molecule has 35 heavy (non-hydrogen) atoms. The summed E-state index contributed by atoms with van der Waals surface area (Å²) in [5.41, 5.74) is 3.51. The Morgan fingerprint density at radius 2 is 1.26 bits per heavy atom. The Hall–Kier alpha value is -2.91. The normalized spacial score (nSPS) is 19.6. The van der Waals surface area contributed by atoms with Gasteiger partial charge in [-0.2, -0.15) is 0 Å². The minimum Gasteiger partial charge on any atom is -0.358 e. The Morgan fingerprint density at radius 1 is 0.771 bits per heavy atom. The second-order valence-corrected chi connectivity index (χ2v) is 9.24. The maximum Gasteiger partial charge on any atom is 0.231 e. The Balaban J connectivity index is 0.000000183. The summed E-state index contributed by atoms with van der Waals surface area (Å²) in [7, 11) is 1.67. The fraction of sp³-hybridized carbons (Fsp3) is 0.406. The van der Waals surface area contributed by atoms with E-state index in [9.17, 15) is 4.79 Å². The van der Waals surface area contributed by atoms with E-state index < -0.39 is 0 Å². The van der Waals surface area contributed by atoms with Crippen LogP contribution in [0.15, 0.2) is 91.0 Å². The van der Waals surface area contributed by atoms with E-state index in [4.69, 9.17) is 0 Å². The van der Waals surface area contributed by atoms with Crippen molar-refractivity contribution >= 4 is 5.91 Å². The van der Waals surface area contributed by atoms with Crippen LogP contribution in [0.2, 0.25) is 0 Å². The number of amides is 1. The van der Waals surface area contributed by atoms with E-state index in [0.29, 0.717) is 6.04 Å². The van der Waals surface area contributed by atoms with E-state index in [-0.39, 0.29) is 11.8 Å². The summed E-state index contributed by atoms with van der Waals surface area (Å²) in [6.45, 7) is 7.68. The summed E-state index contributed by atoms with van der Waals surface area (Å²) < 4.78 is 0. The Bertz CT molecular complexity index is 950. The van der Waals surface area contributed by atoms with Crippen LogP contribution in [0.3, 0.4) is 0 Å². The van der Waals surface area contributed by atoms with Crippen molar-refractivity contribution in [1.82, 2.24) is 10.2 Å². The van der Waals surface area contributed by atoms with Gasteiger partial charge in [0.15, 0.2) is 0 Å². The van der Waals surface area contributed by atoms with Crippen LogP contribution in [0.5, 0.6) is 0 Å². The van der Waals surface area contributed by atoms with Gasteiger partial charge in [-0.1, -0.05) is 111 Å². The molecule has 1 saturated carbocycles. The molecule has 0 aromatic heterocycles. The minimum absolute atomic E-state index is 0.0161. The molecular weight excluding hydrogens is 428 g/mol. The van der Waals surface area contributed by atoms with Gasteiger partial charge in [-0.15, -0.1) is 0 Å². The second-order valence-electron chi connectivity index (χ2n) is 9.24. The number of carbonyl (C=O) groups excluding carboxylic acids is 1. The third-order valence-electron chi connectivity index (χ3n) is 7.36. The minimum atomic E-state index is -0.234. The number of hydrogen-bond donors (Lipinski definition) is 1. The molecule has 1 heterocycles. The third-order valence-corrected chi connectivity index (χ3v) is 7.36. The Labute approximate surface area is 212 Å². The maximum atomic E-state index is 12.0.